The van der Waals surface area contributed by atoms with Crippen molar-refractivity contribution in [3.8, 4) is 0 Å². The molecule has 0 aliphatic carbocycles. The fourth-order valence-corrected chi connectivity index (χ4v) is 5.91. The highest BCUT2D eigenvalue weighted by atomic mass is 32.2. The van der Waals surface area contributed by atoms with Crippen LogP contribution < -0.4 is 5.32 Å². The van der Waals surface area contributed by atoms with Crippen molar-refractivity contribution in [1.29, 1.82) is 0 Å². The van der Waals surface area contributed by atoms with Crippen molar-refractivity contribution in [3.63, 3.8) is 0 Å². The van der Waals surface area contributed by atoms with E-state index < -0.39 is 0 Å². The molecule has 1 aromatic rings. The van der Waals surface area contributed by atoms with E-state index in [1.807, 2.05) is 0 Å². The van der Waals surface area contributed by atoms with Gasteiger partial charge in [-0.1, -0.05) is 44.2 Å². The molecule has 1 aliphatic heterocycles. The van der Waals surface area contributed by atoms with Crippen LogP contribution in [0.25, 0.3) is 0 Å². The summed E-state index contributed by atoms with van der Waals surface area (Å²) in [5, 5.41) is 5.30. The van der Waals surface area contributed by atoms with Gasteiger partial charge >= 0.3 is 0 Å². The summed E-state index contributed by atoms with van der Waals surface area (Å²) >= 11 is 4.33. The van der Waals surface area contributed by atoms with Gasteiger partial charge in [-0.3, -0.25) is 0 Å². The van der Waals surface area contributed by atoms with Crippen LogP contribution in [0.2, 0.25) is 0 Å². The highest BCUT2D eigenvalue weighted by molar-refractivity contribution is 8.07. The smallest absolute Gasteiger partial charge is 0.0317 e. The molecule has 1 heterocycles. The zero-order chi connectivity index (χ0) is 14.2. The van der Waals surface area contributed by atoms with Crippen molar-refractivity contribution < 1.29 is 0 Å². The number of nitrogens with one attached hydrogen (secondary N) is 1. The van der Waals surface area contributed by atoms with Gasteiger partial charge in [-0.2, -0.15) is 23.5 Å². The Morgan fingerprint density at radius 1 is 1.20 bits per heavy atom. The molecule has 1 nitrogen and oxygen atoms in total. The standard InChI is InChI=1S/C17H27NS2/c1-3-18-16(17-14(2)19-12-13-20-17)11-7-10-15-8-5-4-6-9-15/h4-6,8-9,14,16-18H,3,7,10-13H2,1-2H3. The molecular weight excluding hydrogens is 282 g/mol. The van der Waals surface area contributed by atoms with Gasteiger partial charge in [-0.25, -0.2) is 0 Å². The molecule has 0 bridgehead atoms. The molecule has 1 aliphatic rings. The highest BCUT2D eigenvalue weighted by Crippen LogP contribution is 2.34. The molecule has 1 saturated heterocycles. The van der Waals surface area contributed by atoms with Gasteiger partial charge in [0, 0.05) is 28.0 Å². The molecule has 1 fully saturated rings. The van der Waals surface area contributed by atoms with Gasteiger partial charge in [0.05, 0.1) is 0 Å². The topological polar surface area (TPSA) is 12.0 Å². The van der Waals surface area contributed by atoms with E-state index >= 15 is 0 Å². The lowest BCUT2D eigenvalue weighted by molar-refractivity contribution is 0.460. The van der Waals surface area contributed by atoms with Crippen LogP contribution in [0.3, 0.4) is 0 Å². The third-order valence-electron chi connectivity index (χ3n) is 3.92. The SMILES string of the molecule is CCNC(CCCc1ccccc1)C1SCCSC1C. The minimum absolute atomic E-state index is 0.677. The molecule has 2 rings (SSSR count). The van der Waals surface area contributed by atoms with Gasteiger partial charge in [0.15, 0.2) is 0 Å². The van der Waals surface area contributed by atoms with Crippen molar-refractivity contribution in [3.05, 3.63) is 35.9 Å². The molecule has 3 atom stereocenters. The zero-order valence-electron chi connectivity index (χ0n) is 12.7. The van der Waals surface area contributed by atoms with E-state index in [4.69, 9.17) is 0 Å². The minimum atomic E-state index is 0.677. The Bertz CT molecular complexity index is 369. The van der Waals surface area contributed by atoms with E-state index in [2.05, 4.69) is 73.0 Å². The molecule has 0 radical (unpaired) electrons. The summed E-state index contributed by atoms with van der Waals surface area (Å²) in [6, 6.07) is 11.6. The summed E-state index contributed by atoms with van der Waals surface area (Å²) in [6.07, 6.45) is 3.79. The Morgan fingerprint density at radius 3 is 2.65 bits per heavy atom. The second-order valence-electron chi connectivity index (χ2n) is 5.45. The fraction of sp³-hybridized carbons (Fsp3) is 0.647. The lowest BCUT2D eigenvalue weighted by Crippen LogP contribution is -2.44. The van der Waals surface area contributed by atoms with Crippen LogP contribution in [0.4, 0.5) is 0 Å². The monoisotopic (exact) mass is 309 g/mol. The normalized spacial score (nSPS) is 24.5. The summed E-state index contributed by atoms with van der Waals surface area (Å²) in [7, 11) is 0. The van der Waals surface area contributed by atoms with Crippen LogP contribution in [0.15, 0.2) is 30.3 Å². The average Bonchev–Trinajstić information content (AvgIpc) is 2.48. The quantitative estimate of drug-likeness (QED) is 0.810. The lowest BCUT2D eigenvalue weighted by atomic mass is 10.0. The number of aryl methyl sites for hydroxylation is 1. The van der Waals surface area contributed by atoms with E-state index in [-0.39, 0.29) is 0 Å². The number of rotatable bonds is 7. The maximum Gasteiger partial charge on any atom is 0.0317 e. The van der Waals surface area contributed by atoms with Crippen LogP contribution in [-0.4, -0.2) is 34.6 Å². The van der Waals surface area contributed by atoms with Crippen molar-refractivity contribution in [2.75, 3.05) is 18.1 Å². The Labute approximate surface area is 132 Å². The molecular formula is C17H27NS2. The summed E-state index contributed by atoms with van der Waals surface area (Å²) in [4.78, 5) is 0. The van der Waals surface area contributed by atoms with E-state index in [0.29, 0.717) is 6.04 Å². The van der Waals surface area contributed by atoms with Crippen molar-refractivity contribution in [2.24, 2.45) is 0 Å². The van der Waals surface area contributed by atoms with Gasteiger partial charge in [0.1, 0.15) is 0 Å². The predicted molar refractivity (Wildman–Crippen MR) is 95.0 cm³/mol. The molecule has 112 valence electrons. The van der Waals surface area contributed by atoms with E-state index in [0.717, 1.165) is 17.0 Å². The molecule has 0 spiro atoms. The van der Waals surface area contributed by atoms with Gasteiger partial charge < -0.3 is 5.32 Å². The number of thioether (sulfide) groups is 2. The first-order chi connectivity index (χ1) is 9.81. The summed E-state index contributed by atoms with van der Waals surface area (Å²) in [6.45, 7) is 5.73. The molecule has 3 heteroatoms. The van der Waals surface area contributed by atoms with Crippen molar-refractivity contribution >= 4 is 23.5 Å². The Kier molecular flexibility index (Phi) is 7.32. The Hall–Kier alpha value is -0.120. The fourth-order valence-electron chi connectivity index (χ4n) is 2.91. The van der Waals surface area contributed by atoms with Crippen LogP contribution >= 0.6 is 23.5 Å². The molecule has 1 aromatic carbocycles. The number of hydrogen-bond donors (Lipinski definition) is 1. The van der Waals surface area contributed by atoms with Crippen LogP contribution in [-0.2, 0) is 6.42 Å². The average molecular weight is 310 g/mol. The first-order valence-electron chi connectivity index (χ1n) is 7.81. The van der Waals surface area contributed by atoms with Crippen LogP contribution in [0.5, 0.6) is 0 Å². The van der Waals surface area contributed by atoms with Gasteiger partial charge in [0.2, 0.25) is 0 Å². The second kappa shape index (κ2) is 9.01. The molecule has 0 saturated carbocycles. The zero-order valence-corrected chi connectivity index (χ0v) is 14.3. The number of benzene rings is 1. The maximum absolute atomic E-state index is 3.73. The molecule has 3 unspecified atom stereocenters. The third kappa shape index (κ3) is 5.01. The molecule has 0 aromatic heterocycles. The van der Waals surface area contributed by atoms with Crippen LogP contribution in [0, 0.1) is 0 Å². The maximum atomic E-state index is 3.73. The number of hydrogen-bond acceptors (Lipinski definition) is 3. The summed E-state index contributed by atoms with van der Waals surface area (Å²) < 4.78 is 0. The first kappa shape index (κ1) is 16.3. The Balaban J connectivity index is 1.82. The van der Waals surface area contributed by atoms with Gasteiger partial charge in [-0.05, 0) is 31.4 Å². The minimum Gasteiger partial charge on any atom is -0.313 e. The highest BCUT2D eigenvalue weighted by Gasteiger charge is 2.29. The van der Waals surface area contributed by atoms with E-state index in [1.54, 1.807) is 0 Å². The van der Waals surface area contributed by atoms with Crippen molar-refractivity contribution in [1.82, 2.24) is 5.32 Å². The molecule has 20 heavy (non-hydrogen) atoms. The summed E-state index contributed by atoms with van der Waals surface area (Å²) in [5.41, 5.74) is 1.47. The molecule has 1 N–H and O–H groups in total. The van der Waals surface area contributed by atoms with E-state index in [9.17, 15) is 0 Å². The second-order valence-corrected chi connectivity index (χ2v) is 8.22. The largest absolute Gasteiger partial charge is 0.313 e. The molecule has 0 amide bonds. The lowest BCUT2D eigenvalue weighted by Gasteiger charge is -2.35. The first-order valence-corrected chi connectivity index (χ1v) is 9.91. The van der Waals surface area contributed by atoms with Crippen molar-refractivity contribution in [2.45, 2.75) is 49.7 Å². The van der Waals surface area contributed by atoms with Gasteiger partial charge in [-0.15, -0.1) is 0 Å². The summed E-state index contributed by atoms with van der Waals surface area (Å²) in [5.74, 6) is 2.64. The van der Waals surface area contributed by atoms with E-state index in [1.165, 1.54) is 36.3 Å². The van der Waals surface area contributed by atoms with Crippen LogP contribution in [0.1, 0.15) is 32.3 Å². The van der Waals surface area contributed by atoms with Gasteiger partial charge in [0.25, 0.3) is 0 Å². The Morgan fingerprint density at radius 2 is 1.95 bits per heavy atom. The predicted octanol–water partition coefficient (Wildman–Crippen LogP) is 4.22. The third-order valence-corrected chi connectivity index (χ3v) is 7.17.